The number of primary amides is 1. The zero-order chi connectivity index (χ0) is 14.4. The maximum Gasteiger partial charge on any atom is 0.334 e. The van der Waals surface area contributed by atoms with Crippen molar-refractivity contribution in [3.8, 4) is 0 Å². The molecule has 3 amide bonds. The normalized spacial score (nSPS) is 11.4. The van der Waals surface area contributed by atoms with Crippen LogP contribution in [0.1, 0.15) is 10.4 Å². The van der Waals surface area contributed by atoms with Crippen molar-refractivity contribution in [2.75, 3.05) is 11.9 Å². The summed E-state index contributed by atoms with van der Waals surface area (Å²) in [6, 6.07) is 5.13. The van der Waals surface area contributed by atoms with Gasteiger partial charge in [0.05, 0.1) is 6.54 Å². The van der Waals surface area contributed by atoms with E-state index < -0.39 is 30.6 Å². The fraction of sp³-hybridized carbons (Fsp3) is 0.182. The number of carbonyl (C=O) groups excluding carboxylic acids is 2. The van der Waals surface area contributed by atoms with Gasteiger partial charge in [0.15, 0.2) is 6.10 Å². The van der Waals surface area contributed by atoms with Gasteiger partial charge in [-0.25, -0.2) is 9.59 Å². The first-order valence-electron chi connectivity index (χ1n) is 5.25. The maximum atomic E-state index is 11.3. The van der Waals surface area contributed by atoms with Crippen molar-refractivity contribution in [3.05, 3.63) is 29.8 Å². The minimum atomic E-state index is -1.66. The van der Waals surface area contributed by atoms with E-state index in [2.05, 4.69) is 10.6 Å². The topological polar surface area (TPSA) is 142 Å². The van der Waals surface area contributed by atoms with Gasteiger partial charge in [-0.15, -0.1) is 0 Å². The van der Waals surface area contributed by atoms with Crippen molar-refractivity contribution in [1.82, 2.24) is 5.32 Å². The lowest BCUT2D eigenvalue weighted by Gasteiger charge is -2.09. The van der Waals surface area contributed by atoms with E-state index in [0.29, 0.717) is 11.3 Å². The molecule has 0 bridgehead atoms. The standard InChI is InChI=1S/C11H13N3O5/c12-9(16)6-1-3-7(4-2-6)14-11(19)13-5-8(15)10(17)18/h1-4,8,15H,5H2,(H2,12,16)(H,17,18)(H2,13,14,19)/t8-/m0/s1. The summed E-state index contributed by atoms with van der Waals surface area (Å²) in [5.41, 5.74) is 5.75. The van der Waals surface area contributed by atoms with Crippen LogP contribution in [0.5, 0.6) is 0 Å². The minimum Gasteiger partial charge on any atom is -0.479 e. The first-order chi connectivity index (χ1) is 8.90. The highest BCUT2D eigenvalue weighted by Crippen LogP contribution is 2.08. The third kappa shape index (κ3) is 4.64. The molecule has 1 aromatic carbocycles. The van der Waals surface area contributed by atoms with Crippen LogP contribution in [0, 0.1) is 0 Å². The monoisotopic (exact) mass is 267 g/mol. The molecule has 8 nitrogen and oxygen atoms in total. The molecular weight excluding hydrogens is 254 g/mol. The molecule has 0 radical (unpaired) electrons. The molecule has 8 heteroatoms. The number of nitrogens with one attached hydrogen (secondary N) is 2. The number of nitrogens with two attached hydrogens (primary N) is 1. The Labute approximate surface area is 108 Å². The Balaban J connectivity index is 2.48. The number of amides is 3. The van der Waals surface area contributed by atoms with Crippen molar-refractivity contribution in [1.29, 1.82) is 0 Å². The van der Waals surface area contributed by atoms with Gasteiger partial charge in [0.1, 0.15) is 0 Å². The van der Waals surface area contributed by atoms with Gasteiger partial charge in [0, 0.05) is 11.3 Å². The molecule has 0 spiro atoms. The average molecular weight is 267 g/mol. The first-order valence-corrected chi connectivity index (χ1v) is 5.25. The fourth-order valence-corrected chi connectivity index (χ4v) is 1.17. The molecular formula is C11H13N3O5. The zero-order valence-corrected chi connectivity index (χ0v) is 9.79. The van der Waals surface area contributed by atoms with Gasteiger partial charge in [0.2, 0.25) is 5.91 Å². The highest BCUT2D eigenvalue weighted by molar-refractivity contribution is 5.94. The largest absolute Gasteiger partial charge is 0.479 e. The molecule has 1 atom stereocenters. The third-order valence-corrected chi connectivity index (χ3v) is 2.17. The van der Waals surface area contributed by atoms with Crippen molar-refractivity contribution >= 4 is 23.6 Å². The predicted octanol–water partition coefficient (Wildman–Crippen LogP) is -0.647. The van der Waals surface area contributed by atoms with Crippen LogP contribution in [0.4, 0.5) is 10.5 Å². The summed E-state index contributed by atoms with van der Waals surface area (Å²) in [4.78, 5) is 32.5. The number of anilines is 1. The van der Waals surface area contributed by atoms with Gasteiger partial charge in [-0.05, 0) is 24.3 Å². The maximum absolute atomic E-state index is 11.3. The number of rotatable bonds is 5. The molecule has 0 fully saturated rings. The highest BCUT2D eigenvalue weighted by atomic mass is 16.4. The number of carbonyl (C=O) groups is 3. The Kier molecular flexibility index (Phi) is 4.84. The average Bonchev–Trinajstić information content (AvgIpc) is 2.36. The van der Waals surface area contributed by atoms with Crippen molar-refractivity contribution in [3.63, 3.8) is 0 Å². The lowest BCUT2D eigenvalue weighted by atomic mass is 10.2. The Hall–Kier alpha value is -2.61. The van der Waals surface area contributed by atoms with E-state index in [1.165, 1.54) is 24.3 Å². The zero-order valence-electron chi connectivity index (χ0n) is 9.79. The van der Waals surface area contributed by atoms with E-state index in [1.807, 2.05) is 0 Å². The fourth-order valence-electron chi connectivity index (χ4n) is 1.17. The van der Waals surface area contributed by atoms with Crippen molar-refractivity contribution < 1.29 is 24.6 Å². The summed E-state index contributed by atoms with van der Waals surface area (Å²) in [7, 11) is 0. The molecule has 6 N–H and O–H groups in total. The molecule has 102 valence electrons. The highest BCUT2D eigenvalue weighted by Gasteiger charge is 2.13. The molecule has 0 aliphatic rings. The second kappa shape index (κ2) is 6.36. The molecule has 0 aliphatic heterocycles. The van der Waals surface area contributed by atoms with Gasteiger partial charge in [-0.2, -0.15) is 0 Å². The predicted molar refractivity (Wildman–Crippen MR) is 65.6 cm³/mol. The van der Waals surface area contributed by atoms with Crippen LogP contribution in [0.2, 0.25) is 0 Å². The van der Waals surface area contributed by atoms with E-state index in [1.54, 1.807) is 0 Å². The summed E-state index contributed by atoms with van der Waals surface area (Å²) < 4.78 is 0. The van der Waals surface area contributed by atoms with Gasteiger partial charge >= 0.3 is 12.0 Å². The number of aliphatic hydroxyl groups excluding tert-OH is 1. The van der Waals surface area contributed by atoms with Gasteiger partial charge in [-0.3, -0.25) is 4.79 Å². The lowest BCUT2D eigenvalue weighted by Crippen LogP contribution is -2.38. The summed E-state index contributed by atoms with van der Waals surface area (Å²) in [5.74, 6) is -2.01. The molecule has 1 rings (SSSR count). The molecule has 0 heterocycles. The van der Waals surface area contributed by atoms with E-state index >= 15 is 0 Å². The van der Waals surface area contributed by atoms with Crippen LogP contribution in [0.3, 0.4) is 0 Å². The summed E-state index contributed by atoms with van der Waals surface area (Å²) in [6.45, 7) is -0.416. The van der Waals surface area contributed by atoms with Crippen LogP contribution in [0.25, 0.3) is 0 Å². The van der Waals surface area contributed by atoms with E-state index in [0.717, 1.165) is 0 Å². The van der Waals surface area contributed by atoms with Gasteiger partial charge < -0.3 is 26.6 Å². The summed E-state index contributed by atoms with van der Waals surface area (Å²) in [5, 5.41) is 21.9. The molecule has 0 saturated heterocycles. The quantitative estimate of drug-likeness (QED) is 0.482. The number of hydrogen-bond acceptors (Lipinski definition) is 4. The number of carboxylic acids is 1. The summed E-state index contributed by atoms with van der Waals surface area (Å²) in [6.07, 6.45) is -1.66. The minimum absolute atomic E-state index is 0.298. The van der Waals surface area contributed by atoms with Crippen LogP contribution in [0.15, 0.2) is 24.3 Å². The van der Waals surface area contributed by atoms with E-state index in [9.17, 15) is 14.4 Å². The summed E-state index contributed by atoms with van der Waals surface area (Å²) >= 11 is 0. The van der Waals surface area contributed by atoms with Crippen LogP contribution < -0.4 is 16.4 Å². The molecule has 0 aliphatic carbocycles. The Bertz CT molecular complexity index is 486. The van der Waals surface area contributed by atoms with E-state index in [-0.39, 0.29) is 0 Å². The number of urea groups is 1. The molecule has 0 aromatic heterocycles. The smallest absolute Gasteiger partial charge is 0.334 e. The van der Waals surface area contributed by atoms with Crippen LogP contribution >= 0.6 is 0 Å². The number of aliphatic carboxylic acids is 1. The number of benzene rings is 1. The molecule has 19 heavy (non-hydrogen) atoms. The second-order valence-corrected chi connectivity index (χ2v) is 3.63. The number of aliphatic hydroxyl groups is 1. The van der Waals surface area contributed by atoms with Crippen LogP contribution in [-0.2, 0) is 4.79 Å². The van der Waals surface area contributed by atoms with Crippen molar-refractivity contribution in [2.24, 2.45) is 5.73 Å². The first kappa shape index (κ1) is 14.5. The van der Waals surface area contributed by atoms with Crippen LogP contribution in [-0.4, -0.2) is 40.8 Å². The third-order valence-electron chi connectivity index (χ3n) is 2.17. The Morgan fingerprint density at radius 1 is 1.21 bits per heavy atom. The van der Waals surface area contributed by atoms with Crippen molar-refractivity contribution in [2.45, 2.75) is 6.10 Å². The van der Waals surface area contributed by atoms with E-state index in [4.69, 9.17) is 15.9 Å². The molecule has 0 saturated carbocycles. The Morgan fingerprint density at radius 3 is 2.26 bits per heavy atom. The molecule has 1 aromatic rings. The number of hydrogen-bond donors (Lipinski definition) is 5. The molecule has 0 unspecified atom stereocenters. The SMILES string of the molecule is NC(=O)c1ccc(NC(=O)NC[C@H](O)C(=O)O)cc1. The van der Waals surface area contributed by atoms with Gasteiger partial charge in [-0.1, -0.05) is 0 Å². The second-order valence-electron chi connectivity index (χ2n) is 3.63. The number of carboxylic acid groups (broad SMARTS) is 1. The lowest BCUT2D eigenvalue weighted by molar-refractivity contribution is -0.146. The Morgan fingerprint density at radius 2 is 1.79 bits per heavy atom. The van der Waals surface area contributed by atoms with Gasteiger partial charge in [0.25, 0.3) is 0 Å².